The summed E-state index contributed by atoms with van der Waals surface area (Å²) < 4.78 is 27.0. The molecule has 1 N–H and O–H groups in total. The Morgan fingerprint density at radius 3 is 2.30 bits per heavy atom. The third-order valence-electron chi connectivity index (χ3n) is 3.14. The van der Waals surface area contributed by atoms with Crippen molar-refractivity contribution in [2.75, 3.05) is 6.54 Å². The molecule has 0 aliphatic carbocycles. The van der Waals surface area contributed by atoms with E-state index in [1.807, 2.05) is 13.0 Å². The fourth-order valence-corrected chi connectivity index (χ4v) is 3.03. The van der Waals surface area contributed by atoms with E-state index in [0.717, 1.165) is 27.7 Å². The van der Waals surface area contributed by atoms with E-state index in [1.165, 1.54) is 24.3 Å². The molecule has 1 unspecified atom stereocenters. The molecule has 1 atom stereocenters. The zero-order valence-electron chi connectivity index (χ0n) is 11.2. The number of halogens is 3. The highest BCUT2D eigenvalue weighted by Crippen LogP contribution is 2.24. The van der Waals surface area contributed by atoms with Gasteiger partial charge < -0.3 is 5.32 Å². The first-order chi connectivity index (χ1) is 9.60. The Morgan fingerprint density at radius 1 is 1.05 bits per heavy atom. The second-order valence-electron chi connectivity index (χ2n) is 4.61. The molecule has 0 aliphatic heterocycles. The molecule has 20 heavy (non-hydrogen) atoms. The summed E-state index contributed by atoms with van der Waals surface area (Å²) in [6, 6.07) is 11.4. The minimum Gasteiger partial charge on any atom is -0.310 e. The summed E-state index contributed by atoms with van der Waals surface area (Å²) >= 11 is 2.15. The van der Waals surface area contributed by atoms with Crippen LogP contribution in [-0.2, 0) is 6.42 Å². The van der Waals surface area contributed by atoms with Gasteiger partial charge in [-0.2, -0.15) is 0 Å². The van der Waals surface area contributed by atoms with Crippen molar-refractivity contribution in [1.82, 2.24) is 5.32 Å². The minimum atomic E-state index is -0.231. The fraction of sp³-hybridized carbons (Fsp3) is 0.250. The second-order valence-corrected chi connectivity index (χ2v) is 5.77. The van der Waals surface area contributed by atoms with Gasteiger partial charge in [0.05, 0.1) is 0 Å². The Labute approximate surface area is 131 Å². The van der Waals surface area contributed by atoms with Crippen LogP contribution < -0.4 is 5.32 Å². The molecule has 0 aromatic heterocycles. The van der Waals surface area contributed by atoms with E-state index in [4.69, 9.17) is 0 Å². The molecule has 4 heteroatoms. The van der Waals surface area contributed by atoms with E-state index in [2.05, 4.69) is 27.9 Å². The topological polar surface area (TPSA) is 12.0 Å². The molecule has 0 saturated heterocycles. The molecule has 0 heterocycles. The highest BCUT2D eigenvalue weighted by molar-refractivity contribution is 14.1. The van der Waals surface area contributed by atoms with Gasteiger partial charge in [0.25, 0.3) is 0 Å². The second kappa shape index (κ2) is 7.13. The van der Waals surface area contributed by atoms with Gasteiger partial charge in [-0.15, -0.1) is 0 Å². The Bertz CT molecular complexity index is 569. The van der Waals surface area contributed by atoms with Crippen LogP contribution in [0.1, 0.15) is 24.1 Å². The quantitative estimate of drug-likeness (QED) is 0.747. The molecular weight excluding hydrogens is 371 g/mol. The van der Waals surface area contributed by atoms with Crippen molar-refractivity contribution in [3.8, 4) is 0 Å². The third-order valence-corrected chi connectivity index (χ3v) is 4.08. The highest BCUT2D eigenvalue weighted by atomic mass is 127. The summed E-state index contributed by atoms with van der Waals surface area (Å²) in [5.74, 6) is -0.458. The lowest BCUT2D eigenvalue weighted by Crippen LogP contribution is -2.23. The van der Waals surface area contributed by atoms with Crippen LogP contribution in [0, 0.1) is 15.2 Å². The van der Waals surface area contributed by atoms with Crippen LogP contribution in [0.3, 0.4) is 0 Å². The zero-order valence-corrected chi connectivity index (χ0v) is 13.3. The first-order valence-corrected chi connectivity index (χ1v) is 7.60. The van der Waals surface area contributed by atoms with Crippen LogP contribution in [0.15, 0.2) is 42.5 Å². The molecule has 2 rings (SSSR count). The van der Waals surface area contributed by atoms with Crippen molar-refractivity contribution in [1.29, 1.82) is 0 Å². The predicted octanol–water partition coefficient (Wildman–Crippen LogP) is 4.46. The Morgan fingerprint density at radius 2 is 1.70 bits per heavy atom. The fourth-order valence-electron chi connectivity index (χ4n) is 2.18. The predicted molar refractivity (Wildman–Crippen MR) is 85.6 cm³/mol. The van der Waals surface area contributed by atoms with Gasteiger partial charge in [0.15, 0.2) is 0 Å². The lowest BCUT2D eigenvalue weighted by atomic mass is 9.99. The number of hydrogen-bond donors (Lipinski definition) is 1. The summed E-state index contributed by atoms with van der Waals surface area (Å²) in [7, 11) is 0. The summed E-state index contributed by atoms with van der Waals surface area (Å²) in [6.45, 7) is 2.85. The summed E-state index contributed by atoms with van der Waals surface area (Å²) in [4.78, 5) is 0. The van der Waals surface area contributed by atoms with Crippen LogP contribution in [-0.4, -0.2) is 6.54 Å². The molecule has 0 fully saturated rings. The average molecular weight is 387 g/mol. The van der Waals surface area contributed by atoms with Gasteiger partial charge in [-0.25, -0.2) is 8.78 Å². The van der Waals surface area contributed by atoms with Crippen molar-refractivity contribution < 1.29 is 8.78 Å². The largest absolute Gasteiger partial charge is 0.310 e. The maximum atomic E-state index is 13.2. The molecule has 106 valence electrons. The van der Waals surface area contributed by atoms with Crippen LogP contribution in [0.4, 0.5) is 8.78 Å². The maximum Gasteiger partial charge on any atom is 0.124 e. The molecule has 1 nitrogen and oxygen atoms in total. The average Bonchev–Trinajstić information content (AvgIpc) is 2.41. The van der Waals surface area contributed by atoms with Gasteiger partial charge in [-0.05, 0) is 70.9 Å². The van der Waals surface area contributed by atoms with Gasteiger partial charge in [0, 0.05) is 9.61 Å². The van der Waals surface area contributed by atoms with Crippen LogP contribution in [0.2, 0.25) is 0 Å². The first-order valence-electron chi connectivity index (χ1n) is 6.53. The van der Waals surface area contributed by atoms with Crippen LogP contribution >= 0.6 is 22.6 Å². The maximum absolute atomic E-state index is 13.2. The van der Waals surface area contributed by atoms with Gasteiger partial charge in [0.1, 0.15) is 11.6 Å². The number of nitrogens with one attached hydrogen (secondary N) is 1. The van der Waals surface area contributed by atoms with E-state index in [1.54, 1.807) is 12.1 Å². The van der Waals surface area contributed by atoms with Gasteiger partial charge in [-0.3, -0.25) is 0 Å². The third kappa shape index (κ3) is 3.99. The lowest BCUT2D eigenvalue weighted by Gasteiger charge is -2.20. The van der Waals surface area contributed by atoms with Gasteiger partial charge >= 0.3 is 0 Å². The first kappa shape index (κ1) is 15.4. The Balaban J connectivity index is 2.24. The number of rotatable bonds is 5. The standard InChI is InChI=1S/C16H16F2IN/c1-2-20-16(9-11-3-5-12(17)6-4-11)14-8-7-13(18)10-15(14)19/h3-8,10,16,20H,2,9H2,1H3. The number of benzene rings is 2. The van der Waals surface area contributed by atoms with Gasteiger partial charge in [0.2, 0.25) is 0 Å². The zero-order chi connectivity index (χ0) is 14.5. The van der Waals surface area contributed by atoms with Gasteiger partial charge in [-0.1, -0.05) is 25.1 Å². The van der Waals surface area contributed by atoms with E-state index in [0.29, 0.717) is 0 Å². The summed E-state index contributed by atoms with van der Waals surface area (Å²) in [6.07, 6.45) is 0.746. The molecule has 2 aromatic carbocycles. The number of hydrogen-bond acceptors (Lipinski definition) is 1. The molecule has 0 radical (unpaired) electrons. The van der Waals surface area contributed by atoms with E-state index >= 15 is 0 Å². The lowest BCUT2D eigenvalue weighted by molar-refractivity contribution is 0.544. The molecule has 0 aliphatic rings. The molecule has 0 amide bonds. The molecule has 0 saturated carbocycles. The highest BCUT2D eigenvalue weighted by Gasteiger charge is 2.14. The molecular formula is C16H16F2IN. The van der Waals surface area contributed by atoms with Crippen molar-refractivity contribution >= 4 is 22.6 Å². The van der Waals surface area contributed by atoms with E-state index in [-0.39, 0.29) is 17.7 Å². The van der Waals surface area contributed by atoms with Crippen molar-refractivity contribution in [3.05, 3.63) is 68.8 Å². The Kier molecular flexibility index (Phi) is 5.48. The number of likely N-dealkylation sites (N-methyl/N-ethyl adjacent to an activating group) is 1. The van der Waals surface area contributed by atoms with Crippen molar-refractivity contribution in [2.24, 2.45) is 0 Å². The van der Waals surface area contributed by atoms with Crippen molar-refractivity contribution in [2.45, 2.75) is 19.4 Å². The van der Waals surface area contributed by atoms with E-state index < -0.39 is 0 Å². The molecule has 0 bridgehead atoms. The van der Waals surface area contributed by atoms with Crippen LogP contribution in [0.5, 0.6) is 0 Å². The Hall–Kier alpha value is -1.01. The van der Waals surface area contributed by atoms with E-state index in [9.17, 15) is 8.78 Å². The SMILES string of the molecule is CCNC(Cc1ccc(F)cc1)c1ccc(F)cc1I. The van der Waals surface area contributed by atoms with Crippen molar-refractivity contribution in [3.63, 3.8) is 0 Å². The molecule has 2 aromatic rings. The molecule has 0 spiro atoms. The smallest absolute Gasteiger partial charge is 0.124 e. The van der Waals surface area contributed by atoms with Crippen LogP contribution in [0.25, 0.3) is 0 Å². The minimum absolute atomic E-state index is 0.0953. The normalized spacial score (nSPS) is 12.4. The summed E-state index contributed by atoms with van der Waals surface area (Å²) in [5.41, 5.74) is 2.12. The monoisotopic (exact) mass is 387 g/mol. The summed E-state index contributed by atoms with van der Waals surface area (Å²) in [5, 5.41) is 3.40.